The van der Waals surface area contributed by atoms with Crippen LogP contribution in [-0.4, -0.2) is 47.7 Å². The molecule has 98 valence electrons. The van der Waals surface area contributed by atoms with Gasteiger partial charge in [0.05, 0.1) is 0 Å². The Morgan fingerprint density at radius 2 is 2.18 bits per heavy atom. The Balaban J connectivity index is 2.39. The highest BCUT2D eigenvalue weighted by molar-refractivity contribution is 5.83. The van der Waals surface area contributed by atoms with Crippen molar-refractivity contribution in [3.05, 3.63) is 0 Å². The van der Waals surface area contributed by atoms with Crippen molar-refractivity contribution in [2.45, 2.75) is 45.1 Å². The fourth-order valence-electron chi connectivity index (χ4n) is 2.10. The maximum absolute atomic E-state index is 11.9. The van der Waals surface area contributed by atoms with Gasteiger partial charge in [0.15, 0.2) is 0 Å². The van der Waals surface area contributed by atoms with E-state index in [-0.39, 0.29) is 5.91 Å². The summed E-state index contributed by atoms with van der Waals surface area (Å²) >= 11 is 0. The molecule has 1 unspecified atom stereocenters. The van der Waals surface area contributed by atoms with E-state index in [1.807, 2.05) is 6.92 Å². The molecule has 0 aromatic rings. The molecule has 1 aliphatic heterocycles. The van der Waals surface area contributed by atoms with Gasteiger partial charge in [-0.05, 0) is 32.6 Å². The van der Waals surface area contributed by atoms with E-state index >= 15 is 0 Å². The van der Waals surface area contributed by atoms with Gasteiger partial charge in [0.1, 0.15) is 6.04 Å². The first-order valence-corrected chi connectivity index (χ1v) is 6.26. The predicted octanol–water partition coefficient (Wildman–Crippen LogP) is 1.27. The van der Waals surface area contributed by atoms with Crippen LogP contribution < -0.4 is 0 Å². The van der Waals surface area contributed by atoms with Crippen LogP contribution in [0.1, 0.15) is 39.0 Å². The Bertz CT molecular complexity index is 267. The van der Waals surface area contributed by atoms with Crippen LogP contribution in [-0.2, 0) is 14.3 Å². The number of ether oxygens (including phenoxy) is 1. The van der Waals surface area contributed by atoms with Crippen LogP contribution in [0.25, 0.3) is 0 Å². The van der Waals surface area contributed by atoms with Crippen LogP contribution in [0.2, 0.25) is 0 Å². The van der Waals surface area contributed by atoms with Gasteiger partial charge in [-0.2, -0.15) is 0 Å². The highest BCUT2D eigenvalue weighted by Gasteiger charge is 2.31. The second-order valence-corrected chi connectivity index (χ2v) is 4.24. The highest BCUT2D eigenvalue weighted by atomic mass is 16.5. The molecular weight excluding hydrogens is 222 g/mol. The zero-order chi connectivity index (χ0) is 12.7. The zero-order valence-corrected chi connectivity index (χ0v) is 10.4. The van der Waals surface area contributed by atoms with Crippen LogP contribution in [0.5, 0.6) is 0 Å². The predicted molar refractivity (Wildman–Crippen MR) is 62.7 cm³/mol. The molecule has 0 radical (unpaired) electrons. The summed E-state index contributed by atoms with van der Waals surface area (Å²) in [6, 6.07) is -0.622. The Hall–Kier alpha value is -1.10. The second-order valence-electron chi connectivity index (χ2n) is 4.24. The lowest BCUT2D eigenvalue weighted by molar-refractivity contribution is -0.152. The van der Waals surface area contributed by atoms with Crippen LogP contribution in [0.3, 0.4) is 0 Å². The SMILES string of the molecule is CCOCCCC(=O)N1CCCCC1C(=O)O. The molecule has 0 aromatic carbocycles. The van der Waals surface area contributed by atoms with E-state index in [1.54, 1.807) is 0 Å². The average molecular weight is 243 g/mol. The molecule has 1 amide bonds. The number of aliphatic carboxylic acids is 1. The third kappa shape index (κ3) is 4.34. The van der Waals surface area contributed by atoms with E-state index in [9.17, 15) is 9.59 Å². The molecule has 5 heteroatoms. The second kappa shape index (κ2) is 7.27. The van der Waals surface area contributed by atoms with Crippen molar-refractivity contribution in [3.8, 4) is 0 Å². The van der Waals surface area contributed by atoms with E-state index < -0.39 is 12.0 Å². The zero-order valence-electron chi connectivity index (χ0n) is 10.4. The van der Waals surface area contributed by atoms with Crippen LogP contribution in [0.4, 0.5) is 0 Å². The standard InChI is InChI=1S/C12H21NO4/c1-2-17-9-5-7-11(14)13-8-4-3-6-10(13)12(15)16/h10H,2-9H2,1H3,(H,15,16). The van der Waals surface area contributed by atoms with Gasteiger partial charge in [-0.3, -0.25) is 4.79 Å². The maximum Gasteiger partial charge on any atom is 0.326 e. The number of rotatable bonds is 6. The summed E-state index contributed by atoms with van der Waals surface area (Å²) in [4.78, 5) is 24.4. The van der Waals surface area contributed by atoms with Crippen molar-refractivity contribution >= 4 is 11.9 Å². The van der Waals surface area contributed by atoms with Gasteiger partial charge in [-0.15, -0.1) is 0 Å². The van der Waals surface area contributed by atoms with Crippen molar-refractivity contribution in [1.82, 2.24) is 4.90 Å². The molecule has 1 fully saturated rings. The number of piperidine rings is 1. The van der Waals surface area contributed by atoms with Gasteiger partial charge < -0.3 is 14.7 Å². The topological polar surface area (TPSA) is 66.8 Å². The lowest BCUT2D eigenvalue weighted by Crippen LogP contribution is -2.47. The van der Waals surface area contributed by atoms with Gasteiger partial charge in [-0.1, -0.05) is 0 Å². The van der Waals surface area contributed by atoms with E-state index in [2.05, 4.69) is 0 Å². The lowest BCUT2D eigenvalue weighted by atomic mass is 10.0. The first kappa shape index (κ1) is 14.0. The first-order chi connectivity index (χ1) is 8.16. The fourth-order valence-corrected chi connectivity index (χ4v) is 2.10. The molecule has 17 heavy (non-hydrogen) atoms. The Labute approximate surface area is 102 Å². The Morgan fingerprint density at radius 3 is 2.82 bits per heavy atom. The van der Waals surface area contributed by atoms with E-state index in [4.69, 9.17) is 9.84 Å². The number of carboxylic acids is 1. The Morgan fingerprint density at radius 1 is 1.41 bits per heavy atom. The molecule has 0 bridgehead atoms. The monoisotopic (exact) mass is 243 g/mol. The van der Waals surface area contributed by atoms with E-state index in [1.165, 1.54) is 4.90 Å². The van der Waals surface area contributed by atoms with E-state index in [0.717, 1.165) is 12.8 Å². The lowest BCUT2D eigenvalue weighted by Gasteiger charge is -2.33. The minimum atomic E-state index is -0.886. The van der Waals surface area contributed by atoms with Gasteiger partial charge in [0.25, 0.3) is 0 Å². The van der Waals surface area contributed by atoms with Crippen molar-refractivity contribution < 1.29 is 19.4 Å². The molecule has 1 aliphatic rings. The van der Waals surface area contributed by atoms with Gasteiger partial charge >= 0.3 is 5.97 Å². The third-order valence-electron chi connectivity index (χ3n) is 2.99. The largest absolute Gasteiger partial charge is 0.480 e. The molecule has 0 saturated carbocycles. The number of amides is 1. The minimum absolute atomic E-state index is 0.0585. The summed E-state index contributed by atoms with van der Waals surface area (Å²) in [7, 11) is 0. The summed E-state index contributed by atoms with van der Waals surface area (Å²) in [6.45, 7) is 3.70. The number of hydrogen-bond donors (Lipinski definition) is 1. The normalized spacial score (nSPS) is 20.3. The van der Waals surface area contributed by atoms with Gasteiger partial charge in [0, 0.05) is 26.2 Å². The molecule has 1 saturated heterocycles. The van der Waals surface area contributed by atoms with Gasteiger partial charge in [-0.25, -0.2) is 4.79 Å². The molecule has 1 rings (SSSR count). The van der Waals surface area contributed by atoms with Crippen LogP contribution in [0, 0.1) is 0 Å². The van der Waals surface area contributed by atoms with E-state index in [0.29, 0.717) is 39.0 Å². The molecule has 5 nitrogen and oxygen atoms in total. The molecule has 1 heterocycles. The van der Waals surface area contributed by atoms with Crippen molar-refractivity contribution in [3.63, 3.8) is 0 Å². The summed E-state index contributed by atoms with van der Waals surface area (Å²) in [5.41, 5.74) is 0. The van der Waals surface area contributed by atoms with Crippen molar-refractivity contribution in [1.29, 1.82) is 0 Å². The maximum atomic E-state index is 11.9. The molecular formula is C12H21NO4. The number of carboxylic acid groups (broad SMARTS) is 1. The smallest absolute Gasteiger partial charge is 0.326 e. The quantitative estimate of drug-likeness (QED) is 0.713. The first-order valence-electron chi connectivity index (χ1n) is 6.26. The summed E-state index contributed by atoms with van der Waals surface area (Å²) in [5.74, 6) is -0.945. The summed E-state index contributed by atoms with van der Waals surface area (Å²) in [5, 5.41) is 9.05. The molecule has 0 spiro atoms. The molecule has 1 atom stereocenters. The Kier molecular flexibility index (Phi) is 5.97. The average Bonchev–Trinajstić information content (AvgIpc) is 2.34. The fraction of sp³-hybridized carbons (Fsp3) is 0.833. The number of hydrogen-bond acceptors (Lipinski definition) is 3. The minimum Gasteiger partial charge on any atom is -0.480 e. The number of carbonyl (C=O) groups is 2. The molecule has 0 aliphatic carbocycles. The van der Waals surface area contributed by atoms with Crippen molar-refractivity contribution in [2.75, 3.05) is 19.8 Å². The summed E-state index contributed by atoms with van der Waals surface area (Å²) in [6.07, 6.45) is 3.41. The van der Waals surface area contributed by atoms with Crippen LogP contribution >= 0.6 is 0 Å². The third-order valence-corrected chi connectivity index (χ3v) is 2.99. The van der Waals surface area contributed by atoms with Crippen LogP contribution in [0.15, 0.2) is 0 Å². The number of carbonyl (C=O) groups excluding carboxylic acids is 1. The number of likely N-dealkylation sites (tertiary alicyclic amines) is 1. The number of nitrogens with zero attached hydrogens (tertiary/aromatic N) is 1. The highest BCUT2D eigenvalue weighted by Crippen LogP contribution is 2.18. The summed E-state index contributed by atoms with van der Waals surface area (Å²) < 4.78 is 5.16. The van der Waals surface area contributed by atoms with Crippen molar-refractivity contribution in [2.24, 2.45) is 0 Å². The molecule has 1 N–H and O–H groups in total. The molecule has 0 aromatic heterocycles. The van der Waals surface area contributed by atoms with Gasteiger partial charge in [0.2, 0.25) is 5.91 Å².